The Labute approximate surface area is 76.6 Å². The second-order valence-corrected chi connectivity index (χ2v) is 3.40. The lowest BCUT2D eigenvalue weighted by molar-refractivity contribution is 0.354. The molecule has 0 atom stereocenters. The minimum Gasteiger partial charge on any atom is -0.317 e. The zero-order valence-corrected chi connectivity index (χ0v) is 8.69. The topological polar surface area (TPSA) is 15.3 Å². The van der Waals surface area contributed by atoms with E-state index in [2.05, 4.69) is 37.7 Å². The highest BCUT2D eigenvalue weighted by Crippen LogP contribution is 1.92. The van der Waals surface area contributed by atoms with Gasteiger partial charge in [-0.25, -0.2) is 0 Å². The Kier molecular flexibility index (Phi) is 7.11. The fourth-order valence-corrected chi connectivity index (χ4v) is 1.19. The van der Waals surface area contributed by atoms with Gasteiger partial charge in [-0.05, 0) is 40.0 Å². The van der Waals surface area contributed by atoms with Crippen molar-refractivity contribution in [2.75, 3.05) is 33.2 Å². The molecule has 1 N–H and O–H groups in total. The second-order valence-electron chi connectivity index (χ2n) is 3.40. The monoisotopic (exact) mass is 170 g/mol. The fourth-order valence-electron chi connectivity index (χ4n) is 1.19. The molecular formula is C10H22N2. The normalized spacial score (nSPS) is 10.7. The molecule has 2 nitrogen and oxygen atoms in total. The first-order valence-electron chi connectivity index (χ1n) is 4.70. The van der Waals surface area contributed by atoms with Crippen LogP contribution in [0.2, 0.25) is 0 Å². The van der Waals surface area contributed by atoms with Crippen LogP contribution in [0.1, 0.15) is 20.3 Å². The van der Waals surface area contributed by atoms with Crippen molar-refractivity contribution in [1.82, 2.24) is 10.2 Å². The molecular weight excluding hydrogens is 148 g/mol. The zero-order valence-electron chi connectivity index (χ0n) is 8.69. The molecule has 2 heteroatoms. The maximum Gasteiger partial charge on any atom is 0.0184 e. The van der Waals surface area contributed by atoms with Gasteiger partial charge in [0.25, 0.3) is 0 Å². The van der Waals surface area contributed by atoms with Crippen molar-refractivity contribution < 1.29 is 0 Å². The van der Waals surface area contributed by atoms with E-state index in [1.807, 2.05) is 0 Å². The van der Waals surface area contributed by atoms with Crippen molar-refractivity contribution in [3.63, 3.8) is 0 Å². The lowest BCUT2D eigenvalue weighted by atomic mass is 10.3. The van der Waals surface area contributed by atoms with Gasteiger partial charge in [0.1, 0.15) is 0 Å². The lowest BCUT2D eigenvalue weighted by Gasteiger charge is -2.16. The van der Waals surface area contributed by atoms with Gasteiger partial charge in [-0.2, -0.15) is 0 Å². The highest BCUT2D eigenvalue weighted by atomic mass is 15.1. The number of nitrogens with zero attached hydrogens (tertiary/aromatic N) is 1. The SMILES string of the molecule is C=C(C)CN(C)CCCNCC. The third-order valence-corrected chi connectivity index (χ3v) is 1.68. The van der Waals surface area contributed by atoms with Crippen LogP contribution in [0.25, 0.3) is 0 Å². The molecule has 0 spiro atoms. The lowest BCUT2D eigenvalue weighted by Crippen LogP contribution is -2.25. The molecule has 0 fully saturated rings. The molecule has 0 unspecified atom stereocenters. The summed E-state index contributed by atoms with van der Waals surface area (Å²) in [4.78, 5) is 2.31. The molecule has 12 heavy (non-hydrogen) atoms. The average Bonchev–Trinajstić information content (AvgIpc) is 1.97. The highest BCUT2D eigenvalue weighted by molar-refractivity contribution is 4.90. The summed E-state index contributed by atoms with van der Waals surface area (Å²) < 4.78 is 0. The molecule has 0 radical (unpaired) electrons. The molecule has 0 aliphatic carbocycles. The summed E-state index contributed by atoms with van der Waals surface area (Å²) in [5, 5.41) is 3.31. The van der Waals surface area contributed by atoms with Gasteiger partial charge in [-0.1, -0.05) is 19.1 Å². The van der Waals surface area contributed by atoms with E-state index in [9.17, 15) is 0 Å². The largest absolute Gasteiger partial charge is 0.317 e. The number of likely N-dealkylation sites (N-methyl/N-ethyl adjacent to an activating group) is 1. The molecule has 0 aromatic heterocycles. The van der Waals surface area contributed by atoms with E-state index in [-0.39, 0.29) is 0 Å². The standard InChI is InChI=1S/C10H22N2/c1-5-11-7-6-8-12(4)9-10(2)3/h11H,2,5-9H2,1,3-4H3. The Morgan fingerprint density at radius 1 is 1.50 bits per heavy atom. The van der Waals surface area contributed by atoms with Crippen LogP contribution in [0.5, 0.6) is 0 Å². The van der Waals surface area contributed by atoms with Gasteiger partial charge in [0, 0.05) is 6.54 Å². The Hall–Kier alpha value is -0.340. The van der Waals surface area contributed by atoms with Crippen molar-refractivity contribution in [3.8, 4) is 0 Å². The van der Waals surface area contributed by atoms with Gasteiger partial charge >= 0.3 is 0 Å². The van der Waals surface area contributed by atoms with Crippen LogP contribution in [-0.2, 0) is 0 Å². The van der Waals surface area contributed by atoms with E-state index < -0.39 is 0 Å². The molecule has 0 heterocycles. The van der Waals surface area contributed by atoms with Crippen molar-refractivity contribution in [2.45, 2.75) is 20.3 Å². The molecule has 72 valence electrons. The van der Waals surface area contributed by atoms with Crippen LogP contribution in [0.4, 0.5) is 0 Å². The Bertz CT molecular complexity index is 121. The number of hydrogen-bond acceptors (Lipinski definition) is 2. The van der Waals surface area contributed by atoms with Crippen molar-refractivity contribution in [1.29, 1.82) is 0 Å². The fraction of sp³-hybridized carbons (Fsp3) is 0.800. The van der Waals surface area contributed by atoms with Crippen LogP contribution in [0.3, 0.4) is 0 Å². The van der Waals surface area contributed by atoms with Crippen LogP contribution in [-0.4, -0.2) is 38.1 Å². The van der Waals surface area contributed by atoms with E-state index in [4.69, 9.17) is 0 Å². The van der Waals surface area contributed by atoms with E-state index in [0.29, 0.717) is 0 Å². The molecule has 0 aromatic rings. The summed E-state index contributed by atoms with van der Waals surface area (Å²) in [5.41, 5.74) is 1.24. The van der Waals surface area contributed by atoms with Crippen molar-refractivity contribution in [2.24, 2.45) is 0 Å². The minimum absolute atomic E-state index is 1.02. The Morgan fingerprint density at radius 3 is 2.67 bits per heavy atom. The van der Waals surface area contributed by atoms with Gasteiger partial charge in [-0.3, -0.25) is 0 Å². The zero-order chi connectivity index (χ0) is 9.40. The van der Waals surface area contributed by atoms with E-state index in [1.165, 1.54) is 12.0 Å². The third-order valence-electron chi connectivity index (χ3n) is 1.68. The summed E-state index contributed by atoms with van der Waals surface area (Å²) >= 11 is 0. The molecule has 0 amide bonds. The molecule has 0 rings (SSSR count). The maximum absolute atomic E-state index is 3.88. The minimum atomic E-state index is 1.02. The average molecular weight is 170 g/mol. The van der Waals surface area contributed by atoms with E-state index in [1.54, 1.807) is 0 Å². The van der Waals surface area contributed by atoms with Crippen LogP contribution in [0, 0.1) is 0 Å². The number of hydrogen-bond donors (Lipinski definition) is 1. The van der Waals surface area contributed by atoms with Gasteiger partial charge in [0.15, 0.2) is 0 Å². The summed E-state index contributed by atoms with van der Waals surface area (Å²) in [6.07, 6.45) is 1.22. The second kappa shape index (κ2) is 7.32. The molecule has 0 bridgehead atoms. The molecule has 0 aromatic carbocycles. The van der Waals surface area contributed by atoms with E-state index in [0.717, 1.165) is 26.2 Å². The maximum atomic E-state index is 3.88. The first-order chi connectivity index (χ1) is 5.66. The quantitative estimate of drug-likeness (QED) is 0.460. The summed E-state index contributed by atoms with van der Waals surface area (Å²) in [5.74, 6) is 0. The Morgan fingerprint density at radius 2 is 2.17 bits per heavy atom. The van der Waals surface area contributed by atoms with E-state index >= 15 is 0 Å². The van der Waals surface area contributed by atoms with Crippen LogP contribution in [0.15, 0.2) is 12.2 Å². The van der Waals surface area contributed by atoms with Gasteiger partial charge < -0.3 is 10.2 Å². The smallest absolute Gasteiger partial charge is 0.0184 e. The first-order valence-corrected chi connectivity index (χ1v) is 4.70. The first kappa shape index (κ1) is 11.7. The van der Waals surface area contributed by atoms with Gasteiger partial charge in [0.05, 0.1) is 0 Å². The summed E-state index contributed by atoms with van der Waals surface area (Å²) in [6, 6.07) is 0. The van der Waals surface area contributed by atoms with Crippen molar-refractivity contribution >= 4 is 0 Å². The van der Waals surface area contributed by atoms with Crippen LogP contribution >= 0.6 is 0 Å². The van der Waals surface area contributed by atoms with Crippen molar-refractivity contribution in [3.05, 3.63) is 12.2 Å². The predicted octanol–water partition coefficient (Wildman–Crippen LogP) is 1.49. The molecule has 0 aliphatic rings. The summed E-state index contributed by atoms with van der Waals surface area (Å²) in [6.45, 7) is 12.5. The van der Waals surface area contributed by atoms with Crippen LogP contribution < -0.4 is 5.32 Å². The molecule has 0 saturated heterocycles. The Balaban J connectivity index is 3.19. The molecule has 0 aliphatic heterocycles. The third kappa shape index (κ3) is 7.76. The van der Waals surface area contributed by atoms with Gasteiger partial charge in [0.2, 0.25) is 0 Å². The summed E-state index contributed by atoms with van der Waals surface area (Å²) in [7, 11) is 2.14. The van der Waals surface area contributed by atoms with Gasteiger partial charge in [-0.15, -0.1) is 0 Å². The highest BCUT2D eigenvalue weighted by Gasteiger charge is 1.96. The predicted molar refractivity (Wildman–Crippen MR) is 55.5 cm³/mol. The molecule has 0 saturated carbocycles. The number of rotatable bonds is 7. The number of nitrogens with one attached hydrogen (secondary N) is 1.